The lowest BCUT2D eigenvalue weighted by Crippen LogP contribution is -1.80. The monoisotopic (exact) mass is 194 g/mol. The van der Waals surface area contributed by atoms with Crippen LogP contribution in [0, 0.1) is 18.8 Å². The Morgan fingerprint density at radius 1 is 1.46 bits per heavy atom. The third kappa shape index (κ3) is 2.68. The molecule has 0 saturated heterocycles. The van der Waals surface area contributed by atoms with Crippen LogP contribution in [0.25, 0.3) is 0 Å². The van der Waals surface area contributed by atoms with Gasteiger partial charge in [0.15, 0.2) is 0 Å². The van der Waals surface area contributed by atoms with E-state index in [1.165, 1.54) is 0 Å². The Balaban J connectivity index is 2.91. The number of para-hydroxylation sites is 1. The van der Waals surface area contributed by atoms with E-state index >= 15 is 0 Å². The molecule has 0 unspecified atom stereocenters. The predicted molar refractivity (Wildman–Crippen MR) is 55.1 cm³/mol. The Morgan fingerprint density at radius 3 is 2.92 bits per heavy atom. The number of hydrogen-bond donors (Lipinski definition) is 1. The van der Waals surface area contributed by atoms with Crippen molar-refractivity contribution in [3.8, 4) is 17.6 Å². The molecular formula is C11H11ClO. The number of phenolic OH excluding ortho intramolecular Hbond substituents is 1. The lowest BCUT2D eigenvalue weighted by molar-refractivity contribution is 0.469. The summed E-state index contributed by atoms with van der Waals surface area (Å²) in [5, 5.41) is 9.56. The van der Waals surface area contributed by atoms with Gasteiger partial charge >= 0.3 is 0 Å². The molecule has 1 aromatic carbocycles. The third-order valence-corrected chi connectivity index (χ3v) is 1.87. The van der Waals surface area contributed by atoms with Crippen molar-refractivity contribution in [2.24, 2.45) is 0 Å². The maximum Gasteiger partial charge on any atom is 0.134 e. The molecule has 13 heavy (non-hydrogen) atoms. The van der Waals surface area contributed by atoms with Crippen LogP contribution in [0.5, 0.6) is 5.75 Å². The first-order chi connectivity index (χ1) is 6.25. The second kappa shape index (κ2) is 4.79. The van der Waals surface area contributed by atoms with E-state index in [-0.39, 0.29) is 5.75 Å². The van der Waals surface area contributed by atoms with Gasteiger partial charge in [-0.1, -0.05) is 24.0 Å². The van der Waals surface area contributed by atoms with Gasteiger partial charge in [-0.15, -0.1) is 11.6 Å². The summed E-state index contributed by atoms with van der Waals surface area (Å²) in [7, 11) is 0. The largest absolute Gasteiger partial charge is 0.506 e. The Bertz CT molecular complexity index is 347. The quantitative estimate of drug-likeness (QED) is 0.539. The second-order valence-electron chi connectivity index (χ2n) is 2.71. The minimum atomic E-state index is 0.268. The van der Waals surface area contributed by atoms with Gasteiger partial charge in [0, 0.05) is 12.3 Å². The van der Waals surface area contributed by atoms with Crippen molar-refractivity contribution >= 4 is 11.6 Å². The lowest BCUT2D eigenvalue weighted by Gasteiger charge is -1.99. The fourth-order valence-electron chi connectivity index (χ4n) is 0.965. The fraction of sp³-hybridized carbons (Fsp3) is 0.273. The molecule has 0 bridgehead atoms. The molecule has 2 heteroatoms. The molecule has 0 radical (unpaired) electrons. The van der Waals surface area contributed by atoms with Gasteiger partial charge in [-0.3, -0.25) is 0 Å². The molecule has 0 aliphatic rings. The molecule has 0 spiro atoms. The van der Waals surface area contributed by atoms with Crippen LogP contribution in [-0.4, -0.2) is 11.0 Å². The normalized spacial score (nSPS) is 9.08. The predicted octanol–water partition coefficient (Wildman–Crippen LogP) is 2.68. The minimum absolute atomic E-state index is 0.268. The van der Waals surface area contributed by atoms with Gasteiger partial charge in [-0.05, 0) is 18.6 Å². The highest BCUT2D eigenvalue weighted by molar-refractivity contribution is 6.18. The summed E-state index contributed by atoms with van der Waals surface area (Å²) < 4.78 is 0. The zero-order chi connectivity index (χ0) is 9.68. The maximum absolute atomic E-state index is 9.56. The SMILES string of the molecule is Cc1cccc(C#CCCCl)c1O. The van der Waals surface area contributed by atoms with Crippen LogP contribution in [0.15, 0.2) is 18.2 Å². The zero-order valence-electron chi connectivity index (χ0n) is 7.47. The Labute approximate surface area is 83.4 Å². The summed E-state index contributed by atoms with van der Waals surface area (Å²) >= 11 is 5.47. The average molecular weight is 195 g/mol. The van der Waals surface area contributed by atoms with Gasteiger partial charge in [-0.2, -0.15) is 0 Å². The van der Waals surface area contributed by atoms with Crippen molar-refractivity contribution in [3.05, 3.63) is 29.3 Å². The average Bonchev–Trinajstić information content (AvgIpc) is 2.13. The molecule has 68 valence electrons. The summed E-state index contributed by atoms with van der Waals surface area (Å²) in [5.41, 5.74) is 1.52. The second-order valence-corrected chi connectivity index (χ2v) is 3.09. The maximum atomic E-state index is 9.56. The zero-order valence-corrected chi connectivity index (χ0v) is 8.23. The Kier molecular flexibility index (Phi) is 3.67. The molecule has 0 saturated carbocycles. The molecule has 0 heterocycles. The van der Waals surface area contributed by atoms with Crippen molar-refractivity contribution in [1.82, 2.24) is 0 Å². The van der Waals surface area contributed by atoms with Crippen LogP contribution in [-0.2, 0) is 0 Å². The summed E-state index contributed by atoms with van der Waals surface area (Å²) in [6.45, 7) is 1.85. The number of halogens is 1. The number of alkyl halides is 1. The third-order valence-electron chi connectivity index (χ3n) is 1.68. The first-order valence-corrected chi connectivity index (χ1v) is 4.62. The Hall–Kier alpha value is -1.13. The highest BCUT2D eigenvalue weighted by atomic mass is 35.5. The van der Waals surface area contributed by atoms with Gasteiger partial charge in [0.1, 0.15) is 5.75 Å². The van der Waals surface area contributed by atoms with Crippen LogP contribution in [0.2, 0.25) is 0 Å². The van der Waals surface area contributed by atoms with E-state index in [0.717, 1.165) is 5.56 Å². The highest BCUT2D eigenvalue weighted by Crippen LogP contribution is 2.19. The van der Waals surface area contributed by atoms with E-state index in [0.29, 0.717) is 17.9 Å². The number of aromatic hydroxyl groups is 1. The van der Waals surface area contributed by atoms with Crippen molar-refractivity contribution in [1.29, 1.82) is 0 Å². The first-order valence-electron chi connectivity index (χ1n) is 4.09. The summed E-state index contributed by atoms with van der Waals surface area (Å²) in [6, 6.07) is 5.52. The van der Waals surface area contributed by atoms with Crippen LogP contribution in [0.1, 0.15) is 17.5 Å². The summed E-state index contributed by atoms with van der Waals surface area (Å²) in [6.07, 6.45) is 0.648. The lowest BCUT2D eigenvalue weighted by atomic mass is 10.1. The van der Waals surface area contributed by atoms with Crippen LogP contribution in [0.3, 0.4) is 0 Å². The van der Waals surface area contributed by atoms with Gasteiger partial charge in [-0.25, -0.2) is 0 Å². The van der Waals surface area contributed by atoms with Crippen molar-refractivity contribution in [2.75, 3.05) is 5.88 Å². The van der Waals surface area contributed by atoms with Gasteiger partial charge in [0.05, 0.1) is 5.56 Å². The van der Waals surface area contributed by atoms with Crippen LogP contribution < -0.4 is 0 Å². The number of aryl methyl sites for hydroxylation is 1. The van der Waals surface area contributed by atoms with Crippen molar-refractivity contribution in [3.63, 3.8) is 0 Å². The molecule has 0 aliphatic heterocycles. The van der Waals surface area contributed by atoms with E-state index in [1.807, 2.05) is 19.1 Å². The minimum Gasteiger partial charge on any atom is -0.506 e. The smallest absolute Gasteiger partial charge is 0.134 e. The van der Waals surface area contributed by atoms with E-state index < -0.39 is 0 Å². The number of hydrogen-bond acceptors (Lipinski definition) is 1. The molecule has 1 aromatic rings. The highest BCUT2D eigenvalue weighted by Gasteiger charge is 1.98. The summed E-state index contributed by atoms with van der Waals surface area (Å²) in [4.78, 5) is 0. The van der Waals surface area contributed by atoms with E-state index in [2.05, 4.69) is 11.8 Å². The Morgan fingerprint density at radius 2 is 2.23 bits per heavy atom. The van der Waals surface area contributed by atoms with Crippen LogP contribution in [0.4, 0.5) is 0 Å². The van der Waals surface area contributed by atoms with Crippen molar-refractivity contribution in [2.45, 2.75) is 13.3 Å². The molecule has 1 N–H and O–H groups in total. The molecular weight excluding hydrogens is 184 g/mol. The van der Waals surface area contributed by atoms with Gasteiger partial charge < -0.3 is 5.11 Å². The standard InChI is InChI=1S/C11H11ClO/c1-9-5-4-7-10(11(9)13)6-2-3-8-12/h4-5,7,13H,3,8H2,1H3. The van der Waals surface area contributed by atoms with Gasteiger partial charge in [0.2, 0.25) is 0 Å². The molecule has 0 aromatic heterocycles. The van der Waals surface area contributed by atoms with E-state index in [9.17, 15) is 5.11 Å². The fourth-order valence-corrected chi connectivity index (χ4v) is 1.06. The van der Waals surface area contributed by atoms with E-state index in [4.69, 9.17) is 11.6 Å². The number of benzene rings is 1. The molecule has 0 amide bonds. The molecule has 0 aliphatic carbocycles. The van der Waals surface area contributed by atoms with E-state index in [1.54, 1.807) is 6.07 Å². The topological polar surface area (TPSA) is 20.2 Å². The molecule has 0 fully saturated rings. The molecule has 0 atom stereocenters. The van der Waals surface area contributed by atoms with Crippen LogP contribution >= 0.6 is 11.6 Å². The first kappa shape index (κ1) is 9.95. The van der Waals surface area contributed by atoms with Gasteiger partial charge in [0.25, 0.3) is 0 Å². The number of phenols is 1. The molecule has 1 rings (SSSR count). The number of rotatable bonds is 1. The van der Waals surface area contributed by atoms with Crippen molar-refractivity contribution < 1.29 is 5.11 Å². The molecule has 1 nitrogen and oxygen atoms in total. The summed E-state index contributed by atoms with van der Waals surface area (Å²) in [5.74, 6) is 6.54.